The highest BCUT2D eigenvalue weighted by atomic mass is 79.9. The van der Waals surface area contributed by atoms with E-state index in [0.717, 1.165) is 42.5 Å². The van der Waals surface area contributed by atoms with Crippen molar-refractivity contribution in [3.8, 4) is 5.88 Å². The van der Waals surface area contributed by atoms with E-state index in [1.807, 2.05) is 0 Å². The van der Waals surface area contributed by atoms with Crippen LogP contribution in [0.4, 0.5) is 10.5 Å². The molecule has 0 radical (unpaired) electrons. The van der Waals surface area contributed by atoms with E-state index in [9.17, 15) is 9.00 Å². The Balaban J connectivity index is 1.49. The molecule has 0 saturated carbocycles. The second kappa shape index (κ2) is 5.54. The van der Waals surface area contributed by atoms with Crippen molar-refractivity contribution < 1.29 is 13.7 Å². The minimum Gasteiger partial charge on any atom is -0.475 e. The van der Waals surface area contributed by atoms with E-state index < -0.39 is 15.9 Å². The van der Waals surface area contributed by atoms with Crippen LogP contribution in [0, 0.1) is 0 Å². The zero-order chi connectivity index (χ0) is 18.1. The number of halogens is 1. The number of benzene rings is 1. The molecule has 3 N–H and O–H groups in total. The first-order valence-electron chi connectivity index (χ1n) is 8.35. The van der Waals surface area contributed by atoms with Gasteiger partial charge in [-0.25, -0.2) is 18.8 Å². The third kappa shape index (κ3) is 2.25. The molecule has 2 aromatic rings. The van der Waals surface area contributed by atoms with Crippen LogP contribution in [0.2, 0.25) is 0 Å². The van der Waals surface area contributed by atoms with Crippen molar-refractivity contribution >= 4 is 37.6 Å². The molecule has 3 aliphatic rings. The molecule has 5 rings (SSSR count). The van der Waals surface area contributed by atoms with Crippen LogP contribution >= 0.6 is 15.9 Å². The summed E-state index contributed by atoms with van der Waals surface area (Å²) in [6, 6.07) is -0.707. The smallest absolute Gasteiger partial charge is 0.354 e. The molecule has 1 aliphatic heterocycles. The second-order valence-corrected chi connectivity index (χ2v) is 9.13. The zero-order valence-corrected chi connectivity index (χ0v) is 16.2. The van der Waals surface area contributed by atoms with Gasteiger partial charge in [-0.2, -0.15) is 5.10 Å². The third-order valence-electron chi connectivity index (χ3n) is 5.18. The largest absolute Gasteiger partial charge is 0.475 e. The van der Waals surface area contributed by atoms with Crippen molar-refractivity contribution in [2.45, 2.75) is 37.1 Å². The molecule has 1 atom stereocenters. The quantitative estimate of drug-likeness (QED) is 0.749. The minimum atomic E-state index is -3.43. The number of carbonyl (C=O) groups excluding carboxylic acids is 1. The Morgan fingerprint density at radius 2 is 1.92 bits per heavy atom. The average Bonchev–Trinajstić information content (AvgIpc) is 3.04. The van der Waals surface area contributed by atoms with Crippen LogP contribution in [0.5, 0.6) is 5.88 Å². The fraction of sp³-hybridized carbons (Fsp3) is 0.375. The van der Waals surface area contributed by atoms with Gasteiger partial charge in [0.1, 0.15) is 11.5 Å². The Labute approximate surface area is 158 Å². The highest BCUT2D eigenvalue weighted by Crippen LogP contribution is 2.46. The monoisotopic (exact) mass is 437 g/mol. The highest BCUT2D eigenvalue weighted by molar-refractivity contribution is 9.10. The Hall–Kier alpha value is -1.91. The van der Waals surface area contributed by atoms with Gasteiger partial charge in [0.15, 0.2) is 9.92 Å². The van der Waals surface area contributed by atoms with Crippen molar-refractivity contribution in [2.24, 2.45) is 9.50 Å². The van der Waals surface area contributed by atoms with Gasteiger partial charge in [-0.3, -0.25) is 0 Å². The Morgan fingerprint density at radius 1 is 1.27 bits per heavy atom. The summed E-state index contributed by atoms with van der Waals surface area (Å²) in [5, 5.41) is 12.7. The van der Waals surface area contributed by atoms with E-state index in [-0.39, 0.29) is 4.90 Å². The molecule has 2 heterocycles. The van der Waals surface area contributed by atoms with Crippen LogP contribution < -0.4 is 15.2 Å². The molecule has 0 bridgehead atoms. The van der Waals surface area contributed by atoms with Gasteiger partial charge in [-0.1, -0.05) is 15.9 Å². The molecule has 8 nitrogen and oxygen atoms in total. The molecule has 1 aromatic carbocycles. The van der Waals surface area contributed by atoms with Crippen molar-refractivity contribution in [3.05, 3.63) is 32.9 Å². The van der Waals surface area contributed by atoms with E-state index in [2.05, 4.69) is 30.7 Å². The topological polar surface area (TPSA) is 112 Å². The number of nitrogens with one attached hydrogen (secondary N) is 1. The molecule has 1 aromatic heterocycles. The summed E-state index contributed by atoms with van der Waals surface area (Å²) in [5.74, 6) is 0.325. The molecule has 136 valence electrons. The zero-order valence-electron chi connectivity index (χ0n) is 13.7. The number of urea groups is 1. The fourth-order valence-electron chi connectivity index (χ4n) is 3.69. The van der Waals surface area contributed by atoms with E-state index in [0.29, 0.717) is 19.0 Å². The molecule has 1 unspecified atom stereocenters. The first kappa shape index (κ1) is 16.3. The number of carbonyl (C=O) groups is 1. The summed E-state index contributed by atoms with van der Waals surface area (Å²) in [6.07, 6.45) is 5.18. The Morgan fingerprint density at radius 3 is 2.54 bits per heavy atom. The number of nitrogens with zero attached hydrogens (tertiary/aromatic N) is 3. The van der Waals surface area contributed by atoms with Gasteiger partial charge in [-0.15, -0.1) is 4.36 Å². The average molecular weight is 438 g/mol. The predicted molar refractivity (Wildman–Crippen MR) is 98.7 cm³/mol. The van der Waals surface area contributed by atoms with Crippen molar-refractivity contribution in [3.63, 3.8) is 0 Å². The van der Waals surface area contributed by atoms with Crippen molar-refractivity contribution in [1.29, 1.82) is 0 Å². The molecule has 0 spiro atoms. The number of hydrogen-bond acceptors (Lipinski definition) is 4. The van der Waals surface area contributed by atoms with E-state index in [1.54, 1.807) is 4.68 Å². The van der Waals surface area contributed by atoms with Gasteiger partial charge in [0.25, 0.3) is 0 Å². The number of fused-ring (bicyclic) bond motifs is 3. The van der Waals surface area contributed by atoms with Gasteiger partial charge in [-0.05, 0) is 47.9 Å². The van der Waals surface area contributed by atoms with Gasteiger partial charge in [0.2, 0.25) is 5.88 Å². The highest BCUT2D eigenvalue weighted by Gasteiger charge is 2.32. The molecule has 26 heavy (non-hydrogen) atoms. The van der Waals surface area contributed by atoms with E-state index in [4.69, 9.17) is 9.88 Å². The lowest BCUT2D eigenvalue weighted by atomic mass is 9.76. The van der Waals surface area contributed by atoms with E-state index >= 15 is 0 Å². The summed E-state index contributed by atoms with van der Waals surface area (Å²) in [6.45, 7) is 1.00. The summed E-state index contributed by atoms with van der Waals surface area (Å²) in [7, 11) is -3.43. The number of anilines is 1. The number of rotatable bonds is 2. The Bertz CT molecular complexity index is 1070. The molecule has 10 heteroatoms. The minimum absolute atomic E-state index is 0.155. The molecule has 2 aliphatic carbocycles. The molecule has 2 amide bonds. The van der Waals surface area contributed by atoms with E-state index in [1.165, 1.54) is 21.8 Å². The summed E-state index contributed by atoms with van der Waals surface area (Å²) in [4.78, 5) is 12.6. The molecular weight excluding hydrogens is 422 g/mol. The van der Waals surface area contributed by atoms with Crippen LogP contribution in [-0.4, -0.2) is 26.6 Å². The van der Waals surface area contributed by atoms with Crippen LogP contribution in [0.25, 0.3) is 0 Å². The van der Waals surface area contributed by atoms with Gasteiger partial charge in [0.05, 0.1) is 12.7 Å². The lowest BCUT2D eigenvalue weighted by Crippen LogP contribution is -2.25. The standard InChI is InChI=1S/C16H16BrN5O3S/c17-13-8-1-3-10(8)14(11-4-2-9(11)13)20-16(23)21-26(18,24)12-7-19-22-5-6-25-15(12)22/h7H,1-6H2,(H3,18,20,21,23,24). The first-order valence-corrected chi connectivity index (χ1v) is 10.7. The molecular formula is C16H16BrN5O3S. The van der Waals surface area contributed by atoms with Crippen LogP contribution in [0.15, 0.2) is 19.9 Å². The van der Waals surface area contributed by atoms with Gasteiger partial charge in [0, 0.05) is 10.2 Å². The Kier molecular flexibility index (Phi) is 3.47. The third-order valence-corrected chi connectivity index (χ3v) is 7.48. The van der Waals surface area contributed by atoms with Gasteiger partial charge < -0.3 is 10.1 Å². The maximum absolute atomic E-state index is 12.8. The normalized spacial score (nSPS) is 18.4. The number of aromatic nitrogens is 2. The van der Waals surface area contributed by atoms with Crippen LogP contribution in [-0.2, 0) is 42.1 Å². The lowest BCUT2D eigenvalue weighted by molar-refractivity contribution is 0.260. The van der Waals surface area contributed by atoms with Crippen molar-refractivity contribution in [1.82, 2.24) is 9.78 Å². The van der Waals surface area contributed by atoms with Crippen molar-refractivity contribution in [2.75, 3.05) is 11.9 Å². The summed E-state index contributed by atoms with van der Waals surface area (Å²) < 4.78 is 24.7. The predicted octanol–water partition coefficient (Wildman–Crippen LogP) is 2.17. The summed E-state index contributed by atoms with van der Waals surface area (Å²) in [5.41, 5.74) is 5.58. The molecule has 0 saturated heterocycles. The summed E-state index contributed by atoms with van der Waals surface area (Å²) >= 11 is 3.66. The number of nitrogens with two attached hydrogens (primary N) is 1. The van der Waals surface area contributed by atoms with Crippen LogP contribution in [0.3, 0.4) is 0 Å². The second-order valence-electron chi connectivity index (χ2n) is 6.58. The maximum atomic E-state index is 12.8. The molecule has 0 fully saturated rings. The number of amides is 2. The lowest BCUT2D eigenvalue weighted by Gasteiger charge is -2.33. The number of hydrogen-bond donors (Lipinski definition) is 2. The SMILES string of the molecule is NS(=O)(=NC(=O)Nc1c2c(c(Br)c3c1CC3)CC2)c1cnn2c1OCC2. The number of ether oxygens (including phenoxy) is 1. The first-order chi connectivity index (χ1) is 12.5. The maximum Gasteiger partial charge on any atom is 0.354 e. The van der Waals surface area contributed by atoms with Crippen LogP contribution in [0.1, 0.15) is 22.3 Å². The fourth-order valence-corrected chi connectivity index (χ4v) is 5.57. The van der Waals surface area contributed by atoms with Gasteiger partial charge >= 0.3 is 6.03 Å².